The number of nitrogens with two attached hydrogens (primary N) is 1. The largest absolute Gasteiger partial charge is 0.497 e. The molecule has 1 saturated carbocycles. The Morgan fingerprint density at radius 2 is 2.19 bits per heavy atom. The van der Waals surface area contributed by atoms with E-state index in [1.54, 1.807) is 7.11 Å². The van der Waals surface area contributed by atoms with E-state index in [0.29, 0.717) is 5.54 Å². The van der Waals surface area contributed by atoms with Gasteiger partial charge in [0.1, 0.15) is 5.75 Å². The molecule has 1 aliphatic rings. The molecule has 1 fully saturated rings. The van der Waals surface area contributed by atoms with E-state index in [9.17, 15) is 0 Å². The number of rotatable bonds is 4. The predicted molar refractivity (Wildman–Crippen MR) is 66.5 cm³/mol. The second-order valence-corrected chi connectivity index (χ2v) is 4.83. The van der Waals surface area contributed by atoms with Gasteiger partial charge in [-0.1, -0.05) is 0 Å². The molecule has 0 radical (unpaired) electrons. The average Bonchev–Trinajstić information content (AvgIpc) is 2.25. The first-order chi connectivity index (χ1) is 7.63. The number of nitrogens with one attached hydrogen (secondary N) is 1. The van der Waals surface area contributed by atoms with Gasteiger partial charge in [0.2, 0.25) is 0 Å². The van der Waals surface area contributed by atoms with Crippen LogP contribution in [0.15, 0.2) is 18.2 Å². The SMILES string of the molecule is COc1ccc(N)c(CNC2(C)CCC2)c1. The number of nitrogen functional groups attached to an aromatic ring is 1. The van der Waals surface area contributed by atoms with Crippen molar-refractivity contribution in [3.05, 3.63) is 23.8 Å². The highest BCUT2D eigenvalue weighted by Crippen LogP contribution is 2.31. The van der Waals surface area contributed by atoms with Crippen LogP contribution in [-0.2, 0) is 6.54 Å². The molecular formula is C13H20N2O. The molecule has 1 aliphatic carbocycles. The molecule has 2 rings (SSSR count). The summed E-state index contributed by atoms with van der Waals surface area (Å²) in [5, 5.41) is 3.57. The molecule has 3 nitrogen and oxygen atoms in total. The van der Waals surface area contributed by atoms with Gasteiger partial charge in [-0.25, -0.2) is 0 Å². The van der Waals surface area contributed by atoms with Gasteiger partial charge in [0.25, 0.3) is 0 Å². The first kappa shape index (κ1) is 11.3. The van der Waals surface area contributed by atoms with Crippen LogP contribution in [-0.4, -0.2) is 12.6 Å². The van der Waals surface area contributed by atoms with Crippen molar-refractivity contribution in [2.45, 2.75) is 38.3 Å². The summed E-state index contributed by atoms with van der Waals surface area (Å²) >= 11 is 0. The van der Waals surface area contributed by atoms with Gasteiger partial charge in [0.15, 0.2) is 0 Å². The zero-order valence-electron chi connectivity index (χ0n) is 10.0. The fourth-order valence-corrected chi connectivity index (χ4v) is 2.05. The third-order valence-electron chi connectivity index (χ3n) is 3.51. The number of hydrogen-bond donors (Lipinski definition) is 2. The Hall–Kier alpha value is -1.22. The van der Waals surface area contributed by atoms with Crippen molar-refractivity contribution in [3.63, 3.8) is 0 Å². The van der Waals surface area contributed by atoms with Gasteiger partial charge in [0, 0.05) is 17.8 Å². The lowest BCUT2D eigenvalue weighted by Crippen LogP contribution is -2.47. The molecule has 0 unspecified atom stereocenters. The zero-order valence-corrected chi connectivity index (χ0v) is 10.0. The first-order valence-electron chi connectivity index (χ1n) is 5.80. The molecule has 88 valence electrons. The summed E-state index contributed by atoms with van der Waals surface area (Å²) in [5.74, 6) is 0.866. The molecule has 3 heteroatoms. The minimum Gasteiger partial charge on any atom is -0.497 e. The Balaban J connectivity index is 2.02. The molecule has 0 aromatic heterocycles. The van der Waals surface area contributed by atoms with E-state index in [1.165, 1.54) is 19.3 Å². The van der Waals surface area contributed by atoms with Crippen molar-refractivity contribution in [2.75, 3.05) is 12.8 Å². The molecule has 16 heavy (non-hydrogen) atoms. The average molecular weight is 220 g/mol. The Kier molecular flexibility index (Phi) is 3.06. The molecule has 0 saturated heterocycles. The minimum atomic E-state index is 0.315. The van der Waals surface area contributed by atoms with Gasteiger partial charge >= 0.3 is 0 Å². The fourth-order valence-electron chi connectivity index (χ4n) is 2.05. The third-order valence-corrected chi connectivity index (χ3v) is 3.51. The lowest BCUT2D eigenvalue weighted by atomic mass is 9.78. The van der Waals surface area contributed by atoms with Gasteiger partial charge < -0.3 is 15.8 Å². The Labute approximate surface area is 97.0 Å². The molecule has 1 aromatic carbocycles. The van der Waals surface area contributed by atoms with E-state index in [4.69, 9.17) is 10.5 Å². The van der Waals surface area contributed by atoms with Crippen LogP contribution in [0, 0.1) is 0 Å². The van der Waals surface area contributed by atoms with Crippen molar-refractivity contribution in [1.29, 1.82) is 0 Å². The van der Waals surface area contributed by atoms with Crippen LogP contribution >= 0.6 is 0 Å². The first-order valence-corrected chi connectivity index (χ1v) is 5.80. The van der Waals surface area contributed by atoms with Crippen LogP contribution in [0.1, 0.15) is 31.7 Å². The van der Waals surface area contributed by atoms with Crippen LogP contribution in [0.5, 0.6) is 5.75 Å². The van der Waals surface area contributed by atoms with Crippen molar-refractivity contribution in [1.82, 2.24) is 5.32 Å². The predicted octanol–water partition coefficient (Wildman–Crippen LogP) is 2.31. The summed E-state index contributed by atoms with van der Waals surface area (Å²) in [6.45, 7) is 3.09. The molecule has 3 N–H and O–H groups in total. The highest BCUT2D eigenvalue weighted by molar-refractivity contribution is 5.50. The lowest BCUT2D eigenvalue weighted by Gasteiger charge is -2.39. The summed E-state index contributed by atoms with van der Waals surface area (Å²) in [5.41, 5.74) is 8.20. The second kappa shape index (κ2) is 4.34. The monoisotopic (exact) mass is 220 g/mol. The van der Waals surface area contributed by atoms with Crippen LogP contribution in [0.3, 0.4) is 0 Å². The Bertz CT molecular complexity index is 372. The van der Waals surface area contributed by atoms with E-state index < -0.39 is 0 Å². The van der Waals surface area contributed by atoms with E-state index in [-0.39, 0.29) is 0 Å². The molecule has 0 aliphatic heterocycles. The number of methoxy groups -OCH3 is 1. The van der Waals surface area contributed by atoms with Crippen molar-refractivity contribution >= 4 is 5.69 Å². The number of benzene rings is 1. The normalized spacial score (nSPS) is 17.9. The Morgan fingerprint density at radius 1 is 1.44 bits per heavy atom. The molecule has 0 bridgehead atoms. The van der Waals surface area contributed by atoms with Gasteiger partial charge in [-0.05, 0) is 49.9 Å². The summed E-state index contributed by atoms with van der Waals surface area (Å²) < 4.78 is 5.20. The summed E-state index contributed by atoms with van der Waals surface area (Å²) in [6, 6.07) is 5.80. The maximum Gasteiger partial charge on any atom is 0.119 e. The maximum absolute atomic E-state index is 5.94. The third kappa shape index (κ3) is 2.30. The van der Waals surface area contributed by atoms with Gasteiger partial charge in [0.05, 0.1) is 7.11 Å². The van der Waals surface area contributed by atoms with E-state index in [1.807, 2.05) is 18.2 Å². The van der Waals surface area contributed by atoms with Crippen molar-refractivity contribution in [3.8, 4) is 5.75 Å². The van der Waals surface area contributed by atoms with Crippen molar-refractivity contribution in [2.24, 2.45) is 0 Å². The van der Waals surface area contributed by atoms with Crippen LogP contribution < -0.4 is 15.8 Å². The summed E-state index contributed by atoms with van der Waals surface area (Å²) in [7, 11) is 1.68. The second-order valence-electron chi connectivity index (χ2n) is 4.83. The quantitative estimate of drug-likeness (QED) is 0.765. The topological polar surface area (TPSA) is 47.3 Å². The van der Waals surface area contributed by atoms with Crippen LogP contribution in [0.4, 0.5) is 5.69 Å². The molecular weight excluding hydrogens is 200 g/mol. The molecule has 0 heterocycles. The molecule has 0 atom stereocenters. The van der Waals surface area contributed by atoms with Gasteiger partial charge in [-0.15, -0.1) is 0 Å². The summed E-state index contributed by atoms with van der Waals surface area (Å²) in [4.78, 5) is 0. The highest BCUT2D eigenvalue weighted by Gasteiger charge is 2.30. The van der Waals surface area contributed by atoms with Crippen LogP contribution in [0.2, 0.25) is 0 Å². The number of ether oxygens (including phenoxy) is 1. The highest BCUT2D eigenvalue weighted by atomic mass is 16.5. The minimum absolute atomic E-state index is 0.315. The smallest absolute Gasteiger partial charge is 0.119 e. The van der Waals surface area contributed by atoms with E-state index in [2.05, 4.69) is 12.2 Å². The Morgan fingerprint density at radius 3 is 2.75 bits per heavy atom. The molecule has 1 aromatic rings. The zero-order chi connectivity index (χ0) is 11.6. The van der Waals surface area contributed by atoms with E-state index in [0.717, 1.165) is 23.5 Å². The lowest BCUT2D eigenvalue weighted by molar-refractivity contribution is 0.207. The number of hydrogen-bond acceptors (Lipinski definition) is 3. The maximum atomic E-state index is 5.94. The standard InChI is InChI=1S/C13H20N2O/c1-13(6-3-7-13)15-9-10-8-11(16-2)4-5-12(10)14/h4-5,8,15H,3,6-7,9,14H2,1-2H3. The summed E-state index contributed by atoms with van der Waals surface area (Å²) in [6.07, 6.45) is 3.85. The fraction of sp³-hybridized carbons (Fsp3) is 0.538. The molecule has 0 amide bonds. The van der Waals surface area contributed by atoms with Crippen LogP contribution in [0.25, 0.3) is 0 Å². The van der Waals surface area contributed by atoms with Gasteiger partial charge in [-0.3, -0.25) is 0 Å². The molecule has 0 spiro atoms. The van der Waals surface area contributed by atoms with Gasteiger partial charge in [-0.2, -0.15) is 0 Å². The number of anilines is 1. The van der Waals surface area contributed by atoms with Crippen molar-refractivity contribution < 1.29 is 4.74 Å². The van der Waals surface area contributed by atoms with E-state index >= 15 is 0 Å².